The van der Waals surface area contributed by atoms with Crippen molar-refractivity contribution in [1.29, 1.82) is 0 Å². The molecule has 4 nitrogen and oxygen atoms in total. The molecule has 0 aliphatic heterocycles. The second-order valence-corrected chi connectivity index (χ2v) is 6.77. The van der Waals surface area contributed by atoms with Crippen molar-refractivity contribution in [1.82, 2.24) is 9.36 Å². The molecule has 1 heterocycles. The quantitative estimate of drug-likeness (QED) is 0.603. The van der Waals surface area contributed by atoms with Crippen LogP contribution in [0.1, 0.15) is 33.1 Å². The summed E-state index contributed by atoms with van der Waals surface area (Å²) in [5.41, 5.74) is 6.55. The Morgan fingerprint density at radius 3 is 1.76 bits per heavy atom. The Bertz CT molecular complexity index is 838. The van der Waals surface area contributed by atoms with Gasteiger partial charge in [-0.3, -0.25) is 9.98 Å². The summed E-state index contributed by atoms with van der Waals surface area (Å²) in [5.74, 6) is 0.607. The van der Waals surface area contributed by atoms with E-state index in [0.717, 1.165) is 38.6 Å². The first-order valence-corrected chi connectivity index (χ1v) is 8.86. The van der Waals surface area contributed by atoms with Gasteiger partial charge in [0.1, 0.15) is 0 Å². The van der Waals surface area contributed by atoms with Crippen LogP contribution in [0.15, 0.2) is 46.4 Å². The number of hydrogen-bond donors (Lipinski definition) is 0. The van der Waals surface area contributed by atoms with Crippen molar-refractivity contribution in [3.05, 3.63) is 69.5 Å². The molecule has 0 amide bonds. The monoisotopic (exact) mass is 348 g/mol. The zero-order valence-corrected chi connectivity index (χ0v) is 15.6. The third-order valence-electron chi connectivity index (χ3n) is 3.95. The number of aliphatic imine (C=N–C) groups is 2. The van der Waals surface area contributed by atoms with Gasteiger partial charge in [0, 0.05) is 0 Å². The van der Waals surface area contributed by atoms with E-state index < -0.39 is 0 Å². The molecule has 0 aliphatic rings. The lowest BCUT2D eigenvalue weighted by molar-refractivity contribution is 1.26. The molecule has 0 N–H and O–H groups in total. The number of nitrogens with zero attached hydrogens (tertiary/aromatic N) is 4. The van der Waals surface area contributed by atoms with Crippen LogP contribution < -0.4 is 0 Å². The van der Waals surface area contributed by atoms with E-state index in [2.05, 4.69) is 71.3 Å². The molecule has 3 aromatic rings. The van der Waals surface area contributed by atoms with E-state index in [4.69, 9.17) is 0 Å². The summed E-state index contributed by atoms with van der Waals surface area (Å²) < 4.78 is 4.34. The molecule has 1 aromatic heterocycles. The van der Waals surface area contributed by atoms with Gasteiger partial charge in [-0.1, -0.05) is 36.4 Å². The molecule has 0 bridgehead atoms. The molecule has 126 valence electrons. The van der Waals surface area contributed by atoms with Gasteiger partial charge in [-0.2, -0.15) is 4.37 Å². The minimum atomic E-state index is 0.607. The summed E-state index contributed by atoms with van der Waals surface area (Å²) in [5, 5.41) is 0.769. The van der Waals surface area contributed by atoms with Crippen molar-refractivity contribution in [2.45, 2.75) is 27.7 Å². The maximum absolute atomic E-state index is 4.57. The van der Waals surface area contributed by atoms with E-state index in [1.54, 1.807) is 12.4 Å². The average molecular weight is 348 g/mol. The third-order valence-corrected chi connectivity index (χ3v) is 4.61. The molecule has 5 heteroatoms. The molecule has 0 unspecified atom stereocenters. The van der Waals surface area contributed by atoms with Crippen molar-refractivity contribution in [3.8, 4) is 0 Å². The molecule has 0 atom stereocenters. The fraction of sp³-hybridized carbons (Fsp3) is 0.200. The molecule has 0 spiro atoms. The Hall–Kier alpha value is -2.66. The van der Waals surface area contributed by atoms with Gasteiger partial charge in [-0.05, 0) is 61.5 Å². The number of aromatic nitrogens is 2. The fourth-order valence-electron chi connectivity index (χ4n) is 2.61. The maximum atomic E-state index is 4.57. The van der Waals surface area contributed by atoms with E-state index in [0.29, 0.717) is 5.82 Å². The zero-order valence-electron chi connectivity index (χ0n) is 14.8. The topological polar surface area (TPSA) is 50.5 Å². The van der Waals surface area contributed by atoms with E-state index in [9.17, 15) is 0 Å². The highest BCUT2D eigenvalue weighted by atomic mass is 32.1. The van der Waals surface area contributed by atoms with Crippen LogP contribution in [0.2, 0.25) is 0 Å². The minimum absolute atomic E-state index is 0.607. The normalized spacial score (nSPS) is 11.7. The maximum Gasteiger partial charge on any atom is 0.184 e. The minimum Gasteiger partial charge on any atom is -0.253 e. The van der Waals surface area contributed by atoms with Crippen molar-refractivity contribution >= 4 is 35.3 Å². The Morgan fingerprint density at radius 2 is 1.24 bits per heavy atom. The molecule has 0 radical (unpaired) electrons. The molecule has 25 heavy (non-hydrogen) atoms. The third kappa shape index (κ3) is 4.06. The number of aryl methyl sites for hydroxylation is 4. The Kier molecular flexibility index (Phi) is 5.14. The highest BCUT2D eigenvalue weighted by molar-refractivity contribution is 7.07. The molecular weight excluding hydrogens is 328 g/mol. The van der Waals surface area contributed by atoms with Crippen LogP contribution in [0, 0.1) is 27.7 Å². The van der Waals surface area contributed by atoms with Crippen LogP contribution in [-0.2, 0) is 0 Å². The lowest BCUT2D eigenvalue weighted by Crippen LogP contribution is -1.87. The Morgan fingerprint density at radius 1 is 0.760 bits per heavy atom. The standard InChI is InChI=1S/C20H20N4S/c1-13-7-5-8-14(2)19(13)21-11-17-23-18(25-24-17)12-22-20-15(3)9-6-10-16(20)4/h5-12H,1-4H3. The van der Waals surface area contributed by atoms with Crippen LogP contribution >= 0.6 is 11.5 Å². The molecular formula is C20H20N4S. The predicted octanol–water partition coefficient (Wildman–Crippen LogP) is 5.27. The SMILES string of the molecule is Cc1cccc(C)c1N=Cc1nsc(C=Nc2c(C)cccc2C)n1. The van der Waals surface area contributed by atoms with Crippen molar-refractivity contribution in [3.63, 3.8) is 0 Å². The molecule has 0 fully saturated rings. The molecule has 3 rings (SSSR count). The van der Waals surface area contributed by atoms with Crippen molar-refractivity contribution < 1.29 is 0 Å². The Balaban J connectivity index is 1.79. The first-order valence-electron chi connectivity index (χ1n) is 8.09. The summed E-state index contributed by atoms with van der Waals surface area (Å²) in [7, 11) is 0. The summed E-state index contributed by atoms with van der Waals surface area (Å²) in [6, 6.07) is 12.3. The van der Waals surface area contributed by atoms with Gasteiger partial charge in [0.2, 0.25) is 0 Å². The number of benzene rings is 2. The molecule has 0 saturated heterocycles. The molecule has 2 aromatic carbocycles. The summed E-state index contributed by atoms with van der Waals surface area (Å²) >= 11 is 1.32. The first kappa shape index (κ1) is 17.2. The smallest absolute Gasteiger partial charge is 0.184 e. The highest BCUT2D eigenvalue weighted by Gasteiger charge is 2.03. The van der Waals surface area contributed by atoms with Gasteiger partial charge in [0.15, 0.2) is 10.8 Å². The van der Waals surface area contributed by atoms with Gasteiger partial charge in [-0.25, -0.2) is 4.98 Å². The summed E-state index contributed by atoms with van der Waals surface area (Å²) in [6.07, 6.45) is 3.48. The molecule has 0 saturated carbocycles. The zero-order chi connectivity index (χ0) is 17.8. The highest BCUT2D eigenvalue weighted by Crippen LogP contribution is 2.24. The van der Waals surface area contributed by atoms with Gasteiger partial charge in [0.05, 0.1) is 23.8 Å². The lowest BCUT2D eigenvalue weighted by Gasteiger charge is -2.02. The number of para-hydroxylation sites is 2. The summed E-state index contributed by atoms with van der Waals surface area (Å²) in [4.78, 5) is 13.6. The summed E-state index contributed by atoms with van der Waals surface area (Å²) in [6.45, 7) is 8.22. The van der Waals surface area contributed by atoms with Crippen LogP contribution in [-0.4, -0.2) is 21.8 Å². The largest absolute Gasteiger partial charge is 0.253 e. The van der Waals surface area contributed by atoms with Gasteiger partial charge in [0.25, 0.3) is 0 Å². The molecule has 0 aliphatic carbocycles. The van der Waals surface area contributed by atoms with Crippen LogP contribution in [0.25, 0.3) is 0 Å². The second-order valence-electron chi connectivity index (χ2n) is 5.99. The van der Waals surface area contributed by atoms with Crippen molar-refractivity contribution in [2.75, 3.05) is 0 Å². The second kappa shape index (κ2) is 7.49. The van der Waals surface area contributed by atoms with Gasteiger partial charge >= 0.3 is 0 Å². The predicted molar refractivity (Wildman–Crippen MR) is 106 cm³/mol. The van der Waals surface area contributed by atoms with E-state index in [1.165, 1.54) is 11.5 Å². The van der Waals surface area contributed by atoms with Crippen LogP contribution in [0.5, 0.6) is 0 Å². The van der Waals surface area contributed by atoms with Crippen LogP contribution in [0.3, 0.4) is 0 Å². The number of rotatable bonds is 4. The van der Waals surface area contributed by atoms with Gasteiger partial charge < -0.3 is 0 Å². The van der Waals surface area contributed by atoms with E-state index in [-0.39, 0.29) is 0 Å². The fourth-order valence-corrected chi connectivity index (χ4v) is 3.12. The van der Waals surface area contributed by atoms with Crippen molar-refractivity contribution in [2.24, 2.45) is 9.98 Å². The van der Waals surface area contributed by atoms with E-state index >= 15 is 0 Å². The first-order chi connectivity index (χ1) is 12.0. The van der Waals surface area contributed by atoms with Gasteiger partial charge in [-0.15, -0.1) is 0 Å². The van der Waals surface area contributed by atoms with Crippen LogP contribution in [0.4, 0.5) is 11.4 Å². The average Bonchev–Trinajstić information content (AvgIpc) is 3.02. The Labute approximate surface area is 152 Å². The number of hydrogen-bond acceptors (Lipinski definition) is 5. The van der Waals surface area contributed by atoms with E-state index in [1.807, 2.05) is 12.1 Å². The lowest BCUT2D eigenvalue weighted by atomic mass is 10.1.